The minimum Gasteiger partial charge on any atom is -0.372 e. The third-order valence-corrected chi connectivity index (χ3v) is 5.83. The maximum absolute atomic E-state index is 12.4. The van der Waals surface area contributed by atoms with Crippen molar-refractivity contribution in [1.29, 1.82) is 0 Å². The second-order valence-electron chi connectivity index (χ2n) is 5.76. The molecule has 4 nitrogen and oxygen atoms in total. The number of nitrogens with zero attached hydrogens (tertiary/aromatic N) is 1. The van der Waals surface area contributed by atoms with Crippen LogP contribution in [0.3, 0.4) is 0 Å². The van der Waals surface area contributed by atoms with Crippen LogP contribution >= 0.6 is 11.6 Å². The maximum atomic E-state index is 12.4. The summed E-state index contributed by atoms with van der Waals surface area (Å²) in [5.41, 5.74) is 2.42. The highest BCUT2D eigenvalue weighted by atomic mass is 35.5. The molecule has 0 aliphatic carbocycles. The largest absolute Gasteiger partial charge is 0.372 e. The minimum absolute atomic E-state index is 0.211. The molecule has 1 N–H and O–H groups in total. The van der Waals surface area contributed by atoms with E-state index in [0.717, 1.165) is 24.3 Å². The van der Waals surface area contributed by atoms with Crippen LogP contribution in [0.2, 0.25) is 5.02 Å². The molecule has 2 aromatic carbocycles. The van der Waals surface area contributed by atoms with Crippen LogP contribution in [0.1, 0.15) is 18.4 Å². The molecule has 0 aromatic heterocycles. The van der Waals surface area contributed by atoms with Gasteiger partial charge in [-0.15, -0.1) is 0 Å². The number of halogens is 1. The highest BCUT2D eigenvalue weighted by molar-refractivity contribution is 7.92. The molecule has 3 rings (SSSR count). The third-order valence-electron chi connectivity index (χ3n) is 4.03. The number of nitrogens with one attached hydrogen (secondary N) is 1. The first kappa shape index (κ1) is 16.1. The first-order valence-corrected chi connectivity index (χ1v) is 9.46. The van der Waals surface area contributed by atoms with Gasteiger partial charge in [-0.25, -0.2) is 8.42 Å². The summed E-state index contributed by atoms with van der Waals surface area (Å²) >= 11 is 5.95. The van der Waals surface area contributed by atoms with Crippen molar-refractivity contribution in [1.82, 2.24) is 0 Å². The predicted octanol–water partition coefficient (Wildman–Crippen LogP) is 4.05. The summed E-state index contributed by atoms with van der Waals surface area (Å²) in [7, 11) is -3.61. The first-order chi connectivity index (χ1) is 11.0. The molecule has 0 saturated carbocycles. The average molecular weight is 351 g/mol. The molecule has 0 bridgehead atoms. The van der Waals surface area contributed by atoms with Crippen LogP contribution in [0.15, 0.2) is 47.4 Å². The molecule has 0 amide bonds. The van der Waals surface area contributed by atoms with Gasteiger partial charge in [-0.1, -0.05) is 11.6 Å². The van der Waals surface area contributed by atoms with E-state index in [1.165, 1.54) is 18.9 Å². The Labute approximate surface area is 142 Å². The summed E-state index contributed by atoms with van der Waals surface area (Å²) in [6.07, 6.45) is 2.43. The van der Waals surface area contributed by atoms with Crippen LogP contribution in [0.5, 0.6) is 0 Å². The Morgan fingerprint density at radius 2 is 1.70 bits per heavy atom. The number of hydrogen-bond acceptors (Lipinski definition) is 3. The van der Waals surface area contributed by atoms with Gasteiger partial charge < -0.3 is 4.90 Å². The van der Waals surface area contributed by atoms with Gasteiger partial charge >= 0.3 is 0 Å². The van der Waals surface area contributed by atoms with Gasteiger partial charge in [-0.3, -0.25) is 4.72 Å². The van der Waals surface area contributed by atoms with Crippen LogP contribution in [0, 0.1) is 6.92 Å². The fraction of sp³-hybridized carbons (Fsp3) is 0.294. The Bertz CT molecular complexity index is 798. The smallest absolute Gasteiger partial charge is 0.261 e. The summed E-state index contributed by atoms with van der Waals surface area (Å²) in [4.78, 5) is 2.52. The molecule has 2 aromatic rings. The molecule has 1 heterocycles. The lowest BCUT2D eigenvalue weighted by molar-refractivity contribution is 0.601. The van der Waals surface area contributed by atoms with E-state index in [9.17, 15) is 8.42 Å². The molecule has 1 aliphatic rings. The lowest BCUT2D eigenvalue weighted by Crippen LogP contribution is -2.17. The number of hydrogen-bond donors (Lipinski definition) is 1. The van der Waals surface area contributed by atoms with Crippen LogP contribution in [-0.4, -0.2) is 21.5 Å². The van der Waals surface area contributed by atoms with E-state index in [4.69, 9.17) is 11.6 Å². The molecule has 23 heavy (non-hydrogen) atoms. The Balaban J connectivity index is 1.78. The van der Waals surface area contributed by atoms with Gasteiger partial charge in [0.05, 0.1) is 4.90 Å². The standard InChI is InChI=1S/C17H19ClN2O2S/c1-13-12-16(8-9-17(13)18)23(21,22)19-14-4-6-15(7-5-14)20-10-2-3-11-20/h4-9,12,19H,2-3,10-11H2,1H3. The molecule has 1 saturated heterocycles. The molecule has 0 spiro atoms. The molecule has 6 heteroatoms. The number of sulfonamides is 1. The van der Waals surface area contributed by atoms with Crippen LogP contribution in [-0.2, 0) is 10.0 Å². The van der Waals surface area contributed by atoms with Crippen LogP contribution in [0.4, 0.5) is 11.4 Å². The van der Waals surface area contributed by atoms with Gasteiger partial charge in [-0.05, 0) is 67.8 Å². The fourth-order valence-electron chi connectivity index (χ4n) is 2.71. The Morgan fingerprint density at radius 1 is 1.04 bits per heavy atom. The number of rotatable bonds is 4. The second kappa shape index (κ2) is 6.42. The van der Waals surface area contributed by atoms with E-state index < -0.39 is 10.0 Å². The molecule has 1 aliphatic heterocycles. The quantitative estimate of drug-likeness (QED) is 0.905. The summed E-state index contributed by atoms with van der Waals surface area (Å²) < 4.78 is 27.5. The van der Waals surface area contributed by atoms with Gasteiger partial charge in [0.1, 0.15) is 0 Å². The van der Waals surface area contributed by atoms with E-state index in [2.05, 4.69) is 9.62 Å². The normalized spacial score (nSPS) is 15.0. The lowest BCUT2D eigenvalue weighted by Gasteiger charge is -2.18. The van der Waals surface area contributed by atoms with Crippen LogP contribution < -0.4 is 9.62 Å². The topological polar surface area (TPSA) is 49.4 Å². The Morgan fingerprint density at radius 3 is 2.30 bits per heavy atom. The Kier molecular flexibility index (Phi) is 4.50. The minimum atomic E-state index is -3.61. The second-order valence-corrected chi connectivity index (χ2v) is 7.85. The third kappa shape index (κ3) is 3.62. The van der Waals surface area contributed by atoms with E-state index in [1.54, 1.807) is 31.2 Å². The molecule has 122 valence electrons. The van der Waals surface area contributed by atoms with Crippen molar-refractivity contribution >= 4 is 33.0 Å². The first-order valence-electron chi connectivity index (χ1n) is 7.60. The number of benzene rings is 2. The van der Waals surface area contributed by atoms with Crippen molar-refractivity contribution in [3.8, 4) is 0 Å². The lowest BCUT2D eigenvalue weighted by atomic mass is 10.2. The van der Waals surface area contributed by atoms with E-state index in [0.29, 0.717) is 10.7 Å². The maximum Gasteiger partial charge on any atom is 0.261 e. The van der Waals surface area contributed by atoms with Crippen molar-refractivity contribution in [2.45, 2.75) is 24.7 Å². The van der Waals surface area contributed by atoms with Crippen molar-refractivity contribution < 1.29 is 8.42 Å². The van der Waals surface area contributed by atoms with E-state index in [-0.39, 0.29) is 4.90 Å². The zero-order chi connectivity index (χ0) is 16.4. The van der Waals surface area contributed by atoms with E-state index in [1.807, 2.05) is 12.1 Å². The monoisotopic (exact) mass is 350 g/mol. The zero-order valence-corrected chi connectivity index (χ0v) is 14.5. The van der Waals surface area contributed by atoms with Crippen molar-refractivity contribution in [3.63, 3.8) is 0 Å². The van der Waals surface area contributed by atoms with E-state index >= 15 is 0 Å². The Hall–Kier alpha value is -1.72. The predicted molar refractivity (Wildman–Crippen MR) is 94.9 cm³/mol. The number of aryl methyl sites for hydroxylation is 1. The highest BCUT2D eigenvalue weighted by Crippen LogP contribution is 2.25. The molecular formula is C17H19ClN2O2S. The molecule has 0 radical (unpaired) electrons. The van der Waals surface area contributed by atoms with Gasteiger partial charge in [0.25, 0.3) is 10.0 Å². The SMILES string of the molecule is Cc1cc(S(=O)(=O)Nc2ccc(N3CCCC3)cc2)ccc1Cl. The fourth-order valence-corrected chi connectivity index (χ4v) is 3.97. The zero-order valence-electron chi connectivity index (χ0n) is 12.9. The summed E-state index contributed by atoms with van der Waals surface area (Å²) in [6.45, 7) is 3.91. The molecule has 1 fully saturated rings. The molecule has 0 atom stereocenters. The van der Waals surface area contributed by atoms with Crippen molar-refractivity contribution in [2.24, 2.45) is 0 Å². The summed E-state index contributed by atoms with van der Waals surface area (Å²) in [5.74, 6) is 0. The highest BCUT2D eigenvalue weighted by Gasteiger charge is 2.16. The van der Waals surface area contributed by atoms with Gasteiger partial charge in [0.15, 0.2) is 0 Å². The van der Waals surface area contributed by atoms with Crippen LogP contribution in [0.25, 0.3) is 0 Å². The van der Waals surface area contributed by atoms with Crippen molar-refractivity contribution in [3.05, 3.63) is 53.1 Å². The van der Waals surface area contributed by atoms with Gasteiger partial charge in [-0.2, -0.15) is 0 Å². The van der Waals surface area contributed by atoms with Crippen molar-refractivity contribution in [2.75, 3.05) is 22.7 Å². The van der Waals surface area contributed by atoms with Gasteiger partial charge in [0.2, 0.25) is 0 Å². The average Bonchev–Trinajstić information content (AvgIpc) is 3.04. The molecular weight excluding hydrogens is 332 g/mol. The van der Waals surface area contributed by atoms with Gasteiger partial charge in [0, 0.05) is 29.5 Å². The summed E-state index contributed by atoms with van der Waals surface area (Å²) in [6, 6.07) is 12.2. The summed E-state index contributed by atoms with van der Waals surface area (Å²) in [5, 5.41) is 0.555. The number of anilines is 2. The molecule has 0 unspecified atom stereocenters.